The minimum atomic E-state index is 1.02. The van der Waals surface area contributed by atoms with Gasteiger partial charge in [0.2, 0.25) is 0 Å². The molecule has 0 unspecified atom stereocenters. The first-order valence-electron chi connectivity index (χ1n) is 4.80. The van der Waals surface area contributed by atoms with Gasteiger partial charge < -0.3 is 5.32 Å². The van der Waals surface area contributed by atoms with Gasteiger partial charge >= 0.3 is 0 Å². The van der Waals surface area contributed by atoms with Crippen LogP contribution < -0.4 is 5.32 Å². The van der Waals surface area contributed by atoms with Gasteiger partial charge in [0, 0.05) is 18.0 Å². The minimum absolute atomic E-state index is 1.02. The Morgan fingerprint density at radius 3 is 2.93 bits per heavy atom. The predicted octanol–water partition coefficient (Wildman–Crippen LogP) is 3.02. The molecule has 1 aliphatic rings. The Labute approximate surface area is 87.4 Å². The lowest BCUT2D eigenvalue weighted by molar-refractivity contribution is 0.765. The zero-order chi connectivity index (χ0) is 9.38. The molecule has 0 fully saturated rings. The van der Waals surface area contributed by atoms with Gasteiger partial charge in [0.25, 0.3) is 0 Å². The topological polar surface area (TPSA) is 12.0 Å². The number of hydrogen-bond acceptors (Lipinski definition) is 2. The number of thiophene rings is 1. The van der Waals surface area contributed by atoms with Crippen molar-refractivity contribution < 1.29 is 0 Å². The molecule has 0 saturated heterocycles. The van der Waals surface area contributed by atoms with Crippen LogP contribution in [0.25, 0.3) is 10.4 Å². The predicted molar refractivity (Wildman–Crippen MR) is 60.3 cm³/mol. The van der Waals surface area contributed by atoms with Gasteiger partial charge in [-0.15, -0.1) is 11.3 Å². The summed E-state index contributed by atoms with van der Waals surface area (Å²) in [6, 6.07) is 10.9. The fraction of sp³-hybridized carbons (Fsp3) is 0.167. The van der Waals surface area contributed by atoms with Gasteiger partial charge in [0.15, 0.2) is 0 Å². The van der Waals surface area contributed by atoms with Crippen LogP contribution in [0.5, 0.6) is 0 Å². The van der Waals surface area contributed by atoms with Crippen molar-refractivity contribution in [3.63, 3.8) is 0 Å². The van der Waals surface area contributed by atoms with E-state index in [4.69, 9.17) is 0 Å². The van der Waals surface area contributed by atoms with Crippen LogP contribution in [0, 0.1) is 0 Å². The SMILES string of the molecule is c1csc(-c2cccc3c2CNC3)c1. The lowest BCUT2D eigenvalue weighted by Crippen LogP contribution is -2.00. The van der Waals surface area contributed by atoms with E-state index in [0.717, 1.165) is 13.1 Å². The molecule has 1 aromatic heterocycles. The van der Waals surface area contributed by atoms with Gasteiger partial charge in [-0.05, 0) is 28.1 Å². The van der Waals surface area contributed by atoms with Crippen molar-refractivity contribution in [1.29, 1.82) is 0 Å². The molecule has 3 rings (SSSR count). The van der Waals surface area contributed by atoms with Crippen LogP contribution in [0.1, 0.15) is 11.1 Å². The van der Waals surface area contributed by atoms with Gasteiger partial charge in [0.05, 0.1) is 0 Å². The summed E-state index contributed by atoms with van der Waals surface area (Å²) in [4.78, 5) is 1.38. The molecule has 0 aliphatic carbocycles. The van der Waals surface area contributed by atoms with Gasteiger partial charge in [0.1, 0.15) is 0 Å². The molecule has 2 heteroatoms. The normalized spacial score (nSPS) is 14.3. The Morgan fingerprint density at radius 1 is 1.07 bits per heavy atom. The molecule has 2 aromatic rings. The van der Waals surface area contributed by atoms with Crippen molar-refractivity contribution in [1.82, 2.24) is 5.32 Å². The summed E-state index contributed by atoms with van der Waals surface area (Å²) in [5.74, 6) is 0. The number of nitrogens with one attached hydrogen (secondary N) is 1. The summed E-state index contributed by atoms with van der Waals surface area (Å²) in [7, 11) is 0. The second-order valence-electron chi connectivity index (χ2n) is 3.52. The highest BCUT2D eigenvalue weighted by molar-refractivity contribution is 7.13. The Hall–Kier alpha value is -1.12. The Kier molecular flexibility index (Phi) is 1.89. The quantitative estimate of drug-likeness (QED) is 0.748. The van der Waals surface area contributed by atoms with E-state index in [9.17, 15) is 0 Å². The molecule has 0 bridgehead atoms. The first kappa shape index (κ1) is 8.21. The summed E-state index contributed by atoms with van der Waals surface area (Å²) in [5.41, 5.74) is 4.34. The van der Waals surface area contributed by atoms with Crippen LogP contribution in [-0.2, 0) is 13.1 Å². The van der Waals surface area contributed by atoms with Crippen molar-refractivity contribution in [2.75, 3.05) is 0 Å². The van der Waals surface area contributed by atoms with Gasteiger partial charge in [-0.2, -0.15) is 0 Å². The summed E-state index contributed by atoms with van der Waals surface area (Å²) < 4.78 is 0. The van der Waals surface area contributed by atoms with E-state index in [2.05, 4.69) is 41.0 Å². The van der Waals surface area contributed by atoms with Gasteiger partial charge in [-0.25, -0.2) is 0 Å². The standard InChI is InChI=1S/C12H11NS/c1-3-9-7-13-8-11(9)10(4-1)12-5-2-6-14-12/h1-6,13H,7-8H2. The molecule has 70 valence electrons. The largest absolute Gasteiger partial charge is 0.309 e. The summed E-state index contributed by atoms with van der Waals surface area (Å²) in [5, 5.41) is 5.53. The number of benzene rings is 1. The molecule has 0 amide bonds. The molecule has 0 atom stereocenters. The third kappa shape index (κ3) is 1.19. The molecule has 1 N–H and O–H groups in total. The van der Waals surface area contributed by atoms with Crippen LogP contribution in [0.3, 0.4) is 0 Å². The number of hydrogen-bond donors (Lipinski definition) is 1. The molecular formula is C12H11NS. The van der Waals surface area contributed by atoms with E-state index in [-0.39, 0.29) is 0 Å². The van der Waals surface area contributed by atoms with E-state index in [1.807, 2.05) is 11.3 Å². The molecular weight excluding hydrogens is 190 g/mol. The highest BCUT2D eigenvalue weighted by atomic mass is 32.1. The van der Waals surface area contributed by atoms with Crippen molar-refractivity contribution >= 4 is 11.3 Å². The summed E-state index contributed by atoms with van der Waals surface area (Å²) in [6.07, 6.45) is 0. The van der Waals surface area contributed by atoms with Crippen LogP contribution in [0.4, 0.5) is 0 Å². The summed E-state index contributed by atoms with van der Waals surface area (Å²) in [6.45, 7) is 2.04. The van der Waals surface area contributed by atoms with E-state index >= 15 is 0 Å². The van der Waals surface area contributed by atoms with Crippen molar-refractivity contribution in [2.24, 2.45) is 0 Å². The fourth-order valence-electron chi connectivity index (χ4n) is 1.99. The van der Waals surface area contributed by atoms with Crippen molar-refractivity contribution in [2.45, 2.75) is 13.1 Å². The highest BCUT2D eigenvalue weighted by Crippen LogP contribution is 2.31. The maximum Gasteiger partial charge on any atom is 0.0346 e. The summed E-state index contributed by atoms with van der Waals surface area (Å²) >= 11 is 1.81. The van der Waals surface area contributed by atoms with E-state index in [1.54, 1.807) is 0 Å². The third-order valence-electron chi connectivity index (χ3n) is 2.68. The molecule has 1 nitrogen and oxygen atoms in total. The maximum atomic E-state index is 3.39. The minimum Gasteiger partial charge on any atom is -0.309 e. The Balaban J connectivity index is 2.20. The van der Waals surface area contributed by atoms with Crippen LogP contribution in [0.15, 0.2) is 35.7 Å². The van der Waals surface area contributed by atoms with E-state index < -0.39 is 0 Å². The molecule has 0 spiro atoms. The van der Waals surface area contributed by atoms with Gasteiger partial charge in [-0.3, -0.25) is 0 Å². The third-order valence-corrected chi connectivity index (χ3v) is 3.58. The van der Waals surface area contributed by atoms with Crippen LogP contribution in [0.2, 0.25) is 0 Å². The average molecular weight is 201 g/mol. The molecule has 1 aromatic carbocycles. The van der Waals surface area contributed by atoms with Gasteiger partial charge in [-0.1, -0.05) is 24.3 Å². The Morgan fingerprint density at radius 2 is 2.07 bits per heavy atom. The maximum absolute atomic E-state index is 3.39. The molecule has 14 heavy (non-hydrogen) atoms. The zero-order valence-electron chi connectivity index (χ0n) is 7.79. The fourth-order valence-corrected chi connectivity index (χ4v) is 2.77. The number of rotatable bonds is 1. The average Bonchev–Trinajstić information content (AvgIpc) is 2.88. The molecule has 2 heterocycles. The highest BCUT2D eigenvalue weighted by Gasteiger charge is 2.14. The Bertz CT molecular complexity index is 445. The lowest BCUT2D eigenvalue weighted by atomic mass is 10.0. The van der Waals surface area contributed by atoms with Crippen molar-refractivity contribution in [3.8, 4) is 10.4 Å². The second-order valence-corrected chi connectivity index (χ2v) is 4.47. The smallest absolute Gasteiger partial charge is 0.0346 e. The lowest BCUT2D eigenvalue weighted by Gasteiger charge is -2.04. The monoisotopic (exact) mass is 201 g/mol. The number of fused-ring (bicyclic) bond motifs is 1. The first-order valence-corrected chi connectivity index (χ1v) is 5.68. The zero-order valence-corrected chi connectivity index (χ0v) is 8.60. The molecule has 0 radical (unpaired) electrons. The second kappa shape index (κ2) is 3.23. The van der Waals surface area contributed by atoms with Crippen molar-refractivity contribution in [3.05, 3.63) is 46.8 Å². The van der Waals surface area contributed by atoms with Crippen LogP contribution >= 0.6 is 11.3 Å². The van der Waals surface area contributed by atoms with E-state index in [1.165, 1.54) is 21.6 Å². The molecule has 0 saturated carbocycles. The first-order chi connectivity index (χ1) is 6.95. The van der Waals surface area contributed by atoms with Crippen LogP contribution in [-0.4, -0.2) is 0 Å². The van der Waals surface area contributed by atoms with E-state index in [0.29, 0.717) is 0 Å². The molecule has 1 aliphatic heterocycles.